The number of benzene rings is 1. The molecule has 1 aromatic heterocycles. The summed E-state index contributed by atoms with van der Waals surface area (Å²) < 4.78 is 41.5. The topological polar surface area (TPSA) is 56.0 Å². The van der Waals surface area contributed by atoms with Crippen molar-refractivity contribution in [1.82, 2.24) is 10.1 Å². The molecule has 0 unspecified atom stereocenters. The second-order valence-corrected chi connectivity index (χ2v) is 3.54. The Morgan fingerprint density at radius 1 is 1.22 bits per heavy atom. The predicted molar refractivity (Wildman–Crippen MR) is 53.9 cm³/mol. The molecule has 1 aromatic carbocycles. The van der Waals surface area contributed by atoms with Gasteiger partial charge in [-0.2, -0.15) is 18.2 Å². The molecule has 0 saturated carbocycles. The Bertz CT molecular complexity index is 546. The van der Waals surface area contributed by atoms with E-state index in [-0.39, 0.29) is 18.1 Å². The van der Waals surface area contributed by atoms with Gasteiger partial charge in [-0.3, -0.25) is 4.79 Å². The fraction of sp³-hybridized carbons (Fsp3) is 0.182. The highest BCUT2D eigenvalue weighted by molar-refractivity contribution is 5.66. The number of rotatable bonds is 3. The molecule has 4 nitrogen and oxygen atoms in total. The zero-order chi connectivity index (χ0) is 13.2. The molecule has 0 aliphatic rings. The van der Waals surface area contributed by atoms with E-state index in [4.69, 9.17) is 0 Å². The van der Waals surface area contributed by atoms with Crippen molar-refractivity contribution in [3.05, 3.63) is 47.1 Å². The molecule has 0 aliphatic carbocycles. The van der Waals surface area contributed by atoms with E-state index in [1.54, 1.807) is 0 Å². The quantitative estimate of drug-likeness (QED) is 0.791. The van der Waals surface area contributed by atoms with Gasteiger partial charge in [-0.05, 0) is 17.7 Å². The van der Waals surface area contributed by atoms with Crippen molar-refractivity contribution in [2.24, 2.45) is 0 Å². The van der Waals surface area contributed by atoms with Crippen molar-refractivity contribution in [3.8, 4) is 0 Å². The number of carbonyl (C=O) groups is 1. The summed E-state index contributed by atoms with van der Waals surface area (Å²) in [5.74, 6) is 0.0915. The largest absolute Gasteiger partial charge is 0.416 e. The maximum Gasteiger partial charge on any atom is 0.416 e. The van der Waals surface area contributed by atoms with Crippen LogP contribution in [-0.2, 0) is 12.6 Å². The average molecular weight is 256 g/mol. The standard InChI is InChI=1S/C11H7F3N2O2/c12-11(13,14)8-3-1-7(2-4-8)5-9-15-10(6-17)18-16-9/h1-4,6H,5H2. The summed E-state index contributed by atoms with van der Waals surface area (Å²) in [7, 11) is 0. The third-order valence-electron chi connectivity index (χ3n) is 2.23. The number of nitrogens with zero attached hydrogens (tertiary/aromatic N) is 2. The summed E-state index contributed by atoms with van der Waals surface area (Å²) in [5, 5.41) is 3.51. The average Bonchev–Trinajstić information content (AvgIpc) is 2.76. The fourth-order valence-electron chi connectivity index (χ4n) is 1.38. The lowest BCUT2D eigenvalue weighted by Crippen LogP contribution is -2.04. The Morgan fingerprint density at radius 2 is 1.89 bits per heavy atom. The molecule has 0 saturated heterocycles. The van der Waals surface area contributed by atoms with Crippen LogP contribution in [0.3, 0.4) is 0 Å². The summed E-state index contributed by atoms with van der Waals surface area (Å²) in [6, 6.07) is 4.63. The van der Waals surface area contributed by atoms with Crippen LogP contribution in [0.4, 0.5) is 13.2 Å². The first-order valence-corrected chi connectivity index (χ1v) is 4.93. The van der Waals surface area contributed by atoms with E-state index in [9.17, 15) is 18.0 Å². The summed E-state index contributed by atoms with van der Waals surface area (Å²) in [4.78, 5) is 14.0. The first-order chi connectivity index (χ1) is 8.49. The summed E-state index contributed by atoms with van der Waals surface area (Å²) in [5.41, 5.74) is -0.116. The number of alkyl halides is 3. The summed E-state index contributed by atoms with van der Waals surface area (Å²) in [6.45, 7) is 0. The monoisotopic (exact) mass is 256 g/mol. The van der Waals surface area contributed by atoms with Gasteiger partial charge in [-0.1, -0.05) is 17.3 Å². The lowest BCUT2D eigenvalue weighted by molar-refractivity contribution is -0.137. The van der Waals surface area contributed by atoms with Gasteiger partial charge in [0.15, 0.2) is 5.82 Å². The van der Waals surface area contributed by atoms with E-state index in [1.165, 1.54) is 12.1 Å². The second-order valence-electron chi connectivity index (χ2n) is 3.54. The van der Waals surface area contributed by atoms with Gasteiger partial charge in [0.25, 0.3) is 5.89 Å². The van der Waals surface area contributed by atoms with Gasteiger partial charge in [0.1, 0.15) is 0 Å². The lowest BCUT2D eigenvalue weighted by atomic mass is 10.1. The van der Waals surface area contributed by atoms with E-state index in [0.29, 0.717) is 11.8 Å². The van der Waals surface area contributed by atoms with Crippen LogP contribution in [0.2, 0.25) is 0 Å². The molecule has 0 fully saturated rings. The summed E-state index contributed by atoms with van der Waals surface area (Å²) >= 11 is 0. The molecule has 0 aliphatic heterocycles. The van der Waals surface area contributed by atoms with Gasteiger partial charge in [0.05, 0.1) is 5.56 Å². The van der Waals surface area contributed by atoms with Crippen LogP contribution in [0.25, 0.3) is 0 Å². The molecule has 0 spiro atoms. The molecule has 2 rings (SSSR count). The Balaban J connectivity index is 2.13. The number of halogens is 3. The summed E-state index contributed by atoms with van der Waals surface area (Å²) in [6.07, 6.45) is -3.74. The highest BCUT2D eigenvalue weighted by Crippen LogP contribution is 2.29. The van der Waals surface area contributed by atoms with Crippen LogP contribution in [-0.4, -0.2) is 16.4 Å². The van der Waals surface area contributed by atoms with Gasteiger partial charge in [-0.25, -0.2) is 0 Å². The number of carbonyl (C=O) groups excluding carboxylic acids is 1. The molecule has 0 radical (unpaired) electrons. The Hall–Kier alpha value is -2.18. The van der Waals surface area contributed by atoms with Gasteiger partial charge in [-0.15, -0.1) is 0 Å². The number of aldehydes is 1. The van der Waals surface area contributed by atoms with Crippen molar-refractivity contribution in [2.45, 2.75) is 12.6 Å². The highest BCUT2D eigenvalue weighted by atomic mass is 19.4. The molecule has 0 N–H and O–H groups in total. The van der Waals surface area contributed by atoms with Gasteiger partial charge >= 0.3 is 6.18 Å². The molecule has 2 aromatic rings. The highest BCUT2D eigenvalue weighted by Gasteiger charge is 2.29. The minimum absolute atomic E-state index is 0.156. The number of hydrogen-bond acceptors (Lipinski definition) is 4. The zero-order valence-electron chi connectivity index (χ0n) is 8.94. The van der Waals surface area contributed by atoms with E-state index in [1.807, 2.05) is 0 Å². The van der Waals surface area contributed by atoms with E-state index in [2.05, 4.69) is 14.7 Å². The van der Waals surface area contributed by atoms with Crippen molar-refractivity contribution in [1.29, 1.82) is 0 Å². The molecular formula is C11H7F3N2O2. The minimum Gasteiger partial charge on any atom is -0.331 e. The van der Waals surface area contributed by atoms with E-state index < -0.39 is 11.7 Å². The molecule has 0 atom stereocenters. The molecule has 0 amide bonds. The lowest BCUT2D eigenvalue weighted by Gasteiger charge is -2.06. The van der Waals surface area contributed by atoms with Crippen LogP contribution in [0.15, 0.2) is 28.8 Å². The van der Waals surface area contributed by atoms with Crippen molar-refractivity contribution >= 4 is 6.29 Å². The smallest absolute Gasteiger partial charge is 0.331 e. The fourth-order valence-corrected chi connectivity index (χ4v) is 1.38. The third-order valence-corrected chi connectivity index (χ3v) is 2.23. The molecule has 94 valence electrons. The van der Waals surface area contributed by atoms with Crippen LogP contribution in [0.1, 0.15) is 27.6 Å². The van der Waals surface area contributed by atoms with E-state index in [0.717, 1.165) is 12.1 Å². The normalized spacial score (nSPS) is 11.5. The molecule has 7 heteroatoms. The predicted octanol–water partition coefficient (Wildman–Crippen LogP) is 2.49. The first kappa shape index (κ1) is 12.3. The van der Waals surface area contributed by atoms with Crippen LogP contribution >= 0.6 is 0 Å². The Labute approximate surface area is 99.4 Å². The van der Waals surface area contributed by atoms with Crippen molar-refractivity contribution in [2.75, 3.05) is 0 Å². The van der Waals surface area contributed by atoms with Gasteiger partial charge in [0, 0.05) is 6.42 Å². The number of aromatic nitrogens is 2. The zero-order valence-corrected chi connectivity index (χ0v) is 8.94. The maximum absolute atomic E-state index is 12.3. The van der Waals surface area contributed by atoms with Crippen LogP contribution in [0, 0.1) is 0 Å². The Kier molecular flexibility index (Phi) is 3.14. The van der Waals surface area contributed by atoms with Crippen molar-refractivity contribution < 1.29 is 22.5 Å². The SMILES string of the molecule is O=Cc1nc(Cc2ccc(C(F)(F)F)cc2)no1. The van der Waals surface area contributed by atoms with Crippen LogP contribution < -0.4 is 0 Å². The molecule has 0 bridgehead atoms. The second kappa shape index (κ2) is 4.59. The maximum atomic E-state index is 12.3. The molecule has 18 heavy (non-hydrogen) atoms. The molecule has 1 heterocycles. The Morgan fingerprint density at radius 3 is 2.39 bits per heavy atom. The first-order valence-electron chi connectivity index (χ1n) is 4.93. The molecular weight excluding hydrogens is 249 g/mol. The third kappa shape index (κ3) is 2.73. The number of hydrogen-bond donors (Lipinski definition) is 0. The minimum atomic E-state index is -4.35. The van der Waals surface area contributed by atoms with Gasteiger partial charge in [0.2, 0.25) is 6.29 Å². The van der Waals surface area contributed by atoms with Crippen LogP contribution in [0.5, 0.6) is 0 Å². The van der Waals surface area contributed by atoms with Gasteiger partial charge < -0.3 is 4.52 Å². The van der Waals surface area contributed by atoms with Crippen molar-refractivity contribution in [3.63, 3.8) is 0 Å². The van der Waals surface area contributed by atoms with E-state index >= 15 is 0 Å².